The van der Waals surface area contributed by atoms with Gasteiger partial charge in [0.05, 0.1) is 19.5 Å². The number of nitriles is 1. The highest BCUT2D eigenvalue weighted by molar-refractivity contribution is 9.11. The van der Waals surface area contributed by atoms with Gasteiger partial charge < -0.3 is 5.11 Å². The van der Waals surface area contributed by atoms with Gasteiger partial charge in [-0.1, -0.05) is 11.6 Å². The lowest BCUT2D eigenvalue weighted by atomic mass is 10.2. The highest BCUT2D eigenvalue weighted by Crippen LogP contribution is 2.39. The molecule has 0 bridgehead atoms. The van der Waals surface area contributed by atoms with E-state index in [1.807, 2.05) is 6.07 Å². The Kier molecular flexibility index (Phi) is 2.99. The third-order valence-corrected chi connectivity index (χ3v) is 3.25. The average molecular weight is 311 g/mol. The van der Waals surface area contributed by atoms with Crippen LogP contribution in [0.1, 0.15) is 5.56 Å². The Bertz CT molecular complexity index is 373. The molecule has 12 heavy (non-hydrogen) atoms. The molecule has 0 saturated carbocycles. The fraction of sp³-hybridized carbons (Fsp3) is 0. The summed E-state index contributed by atoms with van der Waals surface area (Å²) >= 11 is 11.9. The van der Waals surface area contributed by atoms with Gasteiger partial charge in [0.2, 0.25) is 0 Å². The molecule has 0 saturated heterocycles. The number of nitrogens with zero attached hydrogens (tertiary/aromatic N) is 1. The zero-order valence-corrected chi connectivity index (χ0v) is 9.53. The van der Waals surface area contributed by atoms with Gasteiger partial charge in [0.25, 0.3) is 0 Å². The molecule has 0 fully saturated rings. The zero-order chi connectivity index (χ0) is 9.30. The standard InChI is InChI=1S/C7H2Br2ClNO/c8-4-1-3(2-11)6(10)5(9)7(4)12/h1,12H. The Hall–Kier alpha value is -0.240. The molecular weight excluding hydrogens is 309 g/mol. The minimum atomic E-state index is -0.000926. The molecule has 0 atom stereocenters. The third kappa shape index (κ3) is 1.58. The quantitative estimate of drug-likeness (QED) is 0.746. The molecule has 2 nitrogen and oxygen atoms in total. The normalized spacial score (nSPS) is 9.50. The van der Waals surface area contributed by atoms with E-state index in [4.69, 9.17) is 16.9 Å². The Morgan fingerprint density at radius 3 is 2.58 bits per heavy atom. The highest BCUT2D eigenvalue weighted by Gasteiger charge is 2.12. The SMILES string of the molecule is N#Cc1cc(Br)c(O)c(Br)c1Cl. The van der Waals surface area contributed by atoms with E-state index >= 15 is 0 Å². The smallest absolute Gasteiger partial charge is 0.145 e. The van der Waals surface area contributed by atoms with E-state index in [1.54, 1.807) is 0 Å². The Balaban J connectivity index is 3.52. The van der Waals surface area contributed by atoms with Gasteiger partial charge in [-0.15, -0.1) is 0 Å². The van der Waals surface area contributed by atoms with E-state index in [9.17, 15) is 5.11 Å². The van der Waals surface area contributed by atoms with Gasteiger partial charge in [0.15, 0.2) is 0 Å². The van der Waals surface area contributed by atoms with E-state index in [0.717, 1.165) is 0 Å². The first-order chi connectivity index (χ1) is 5.57. The molecule has 0 aliphatic carbocycles. The van der Waals surface area contributed by atoms with Gasteiger partial charge in [-0.3, -0.25) is 0 Å². The lowest BCUT2D eigenvalue weighted by Gasteiger charge is -2.03. The number of hydrogen-bond donors (Lipinski definition) is 1. The largest absolute Gasteiger partial charge is 0.506 e. The van der Waals surface area contributed by atoms with E-state index < -0.39 is 0 Å². The minimum absolute atomic E-state index is 0.000926. The molecule has 62 valence electrons. The van der Waals surface area contributed by atoms with Crippen LogP contribution in [0.4, 0.5) is 0 Å². The molecule has 0 spiro atoms. The Labute approximate surface area is 91.0 Å². The second-order valence-corrected chi connectivity index (χ2v) is 4.02. The summed E-state index contributed by atoms with van der Waals surface area (Å²) in [5.74, 6) is -0.000926. The molecule has 0 aromatic heterocycles. The summed E-state index contributed by atoms with van der Waals surface area (Å²) in [7, 11) is 0. The molecule has 1 rings (SSSR count). The molecule has 0 heterocycles. The van der Waals surface area contributed by atoms with Crippen molar-refractivity contribution in [3.63, 3.8) is 0 Å². The van der Waals surface area contributed by atoms with Crippen molar-refractivity contribution in [1.82, 2.24) is 0 Å². The van der Waals surface area contributed by atoms with E-state index in [2.05, 4.69) is 31.9 Å². The summed E-state index contributed by atoms with van der Waals surface area (Å²) in [4.78, 5) is 0. The Morgan fingerprint density at radius 1 is 1.50 bits per heavy atom. The summed E-state index contributed by atoms with van der Waals surface area (Å²) in [5, 5.41) is 18.1. The van der Waals surface area contributed by atoms with Crippen LogP contribution in [0.2, 0.25) is 5.02 Å². The van der Waals surface area contributed by atoms with Gasteiger partial charge in [-0.2, -0.15) is 5.26 Å². The summed E-state index contributed by atoms with van der Waals surface area (Å²) < 4.78 is 0.769. The molecule has 0 aliphatic heterocycles. The molecule has 0 aliphatic rings. The average Bonchev–Trinajstić information content (AvgIpc) is 2.08. The maximum Gasteiger partial charge on any atom is 0.145 e. The van der Waals surface area contributed by atoms with Crippen LogP contribution in [-0.4, -0.2) is 5.11 Å². The maximum atomic E-state index is 9.32. The number of hydrogen-bond acceptors (Lipinski definition) is 2. The summed E-state index contributed by atoms with van der Waals surface area (Å²) in [6.45, 7) is 0. The number of phenolic OH excluding ortho intramolecular Hbond substituents is 1. The molecule has 0 amide bonds. The van der Waals surface area contributed by atoms with Crippen LogP contribution in [0.25, 0.3) is 0 Å². The first-order valence-electron chi connectivity index (χ1n) is 2.84. The first kappa shape index (κ1) is 9.85. The lowest BCUT2D eigenvalue weighted by Crippen LogP contribution is -1.81. The summed E-state index contributed by atoms with van der Waals surface area (Å²) in [5.41, 5.74) is 0.313. The predicted octanol–water partition coefficient (Wildman–Crippen LogP) is 3.44. The van der Waals surface area contributed by atoms with Crippen LogP contribution in [0.5, 0.6) is 5.75 Å². The molecule has 1 aromatic rings. The number of halogens is 3. The molecule has 1 aromatic carbocycles. The van der Waals surface area contributed by atoms with Crippen molar-refractivity contribution in [3.8, 4) is 11.8 Å². The summed E-state index contributed by atoms with van der Waals surface area (Å²) in [6, 6.07) is 3.36. The maximum absolute atomic E-state index is 9.32. The van der Waals surface area contributed by atoms with Gasteiger partial charge >= 0.3 is 0 Å². The van der Waals surface area contributed by atoms with E-state index in [0.29, 0.717) is 14.5 Å². The molecule has 5 heteroatoms. The number of phenols is 1. The van der Waals surface area contributed by atoms with Crippen molar-refractivity contribution >= 4 is 43.5 Å². The fourth-order valence-corrected chi connectivity index (χ4v) is 1.97. The number of benzene rings is 1. The molecule has 1 N–H and O–H groups in total. The zero-order valence-electron chi connectivity index (χ0n) is 5.61. The minimum Gasteiger partial charge on any atom is -0.506 e. The van der Waals surface area contributed by atoms with Gasteiger partial charge in [0.1, 0.15) is 11.8 Å². The van der Waals surface area contributed by atoms with Crippen LogP contribution in [0.3, 0.4) is 0 Å². The number of rotatable bonds is 0. The predicted molar refractivity (Wildman–Crippen MR) is 53.2 cm³/mol. The van der Waals surface area contributed by atoms with E-state index in [1.165, 1.54) is 6.07 Å². The van der Waals surface area contributed by atoms with Crippen LogP contribution in [0.15, 0.2) is 15.0 Å². The van der Waals surface area contributed by atoms with Crippen molar-refractivity contribution in [1.29, 1.82) is 5.26 Å². The van der Waals surface area contributed by atoms with Gasteiger partial charge in [-0.25, -0.2) is 0 Å². The van der Waals surface area contributed by atoms with Crippen molar-refractivity contribution in [2.75, 3.05) is 0 Å². The van der Waals surface area contributed by atoms with Crippen molar-refractivity contribution in [2.45, 2.75) is 0 Å². The third-order valence-electron chi connectivity index (χ3n) is 1.25. The highest BCUT2D eigenvalue weighted by atomic mass is 79.9. The van der Waals surface area contributed by atoms with Crippen LogP contribution >= 0.6 is 43.5 Å². The number of aromatic hydroxyl groups is 1. The first-order valence-corrected chi connectivity index (χ1v) is 4.81. The van der Waals surface area contributed by atoms with Gasteiger partial charge in [-0.05, 0) is 37.9 Å². The van der Waals surface area contributed by atoms with Crippen molar-refractivity contribution < 1.29 is 5.11 Å². The van der Waals surface area contributed by atoms with Crippen molar-refractivity contribution in [3.05, 3.63) is 25.6 Å². The molecule has 0 radical (unpaired) electrons. The molecule has 0 unspecified atom stereocenters. The van der Waals surface area contributed by atoms with Crippen molar-refractivity contribution in [2.24, 2.45) is 0 Å². The second kappa shape index (κ2) is 3.65. The molecular formula is C7H2Br2ClNO. The monoisotopic (exact) mass is 309 g/mol. The summed E-state index contributed by atoms with van der Waals surface area (Å²) in [6.07, 6.45) is 0. The van der Waals surface area contributed by atoms with Crippen LogP contribution < -0.4 is 0 Å². The van der Waals surface area contributed by atoms with Crippen LogP contribution in [-0.2, 0) is 0 Å². The van der Waals surface area contributed by atoms with Gasteiger partial charge in [0, 0.05) is 0 Å². The second-order valence-electron chi connectivity index (χ2n) is 1.99. The topological polar surface area (TPSA) is 44.0 Å². The lowest BCUT2D eigenvalue weighted by molar-refractivity contribution is 0.468. The fourth-order valence-electron chi connectivity index (χ4n) is 0.667. The Morgan fingerprint density at radius 2 is 2.08 bits per heavy atom. The van der Waals surface area contributed by atoms with Crippen LogP contribution in [0, 0.1) is 11.3 Å². The van der Waals surface area contributed by atoms with E-state index in [-0.39, 0.29) is 10.8 Å².